The number of aliphatic hydroxyl groups excluding tert-OH is 3. The van der Waals surface area contributed by atoms with Crippen LogP contribution in [-0.2, 0) is 21.7 Å². The molecule has 0 aliphatic heterocycles. The van der Waals surface area contributed by atoms with Gasteiger partial charge < -0.3 is 15.3 Å². The molecule has 0 amide bonds. The molecule has 1 aromatic rings. The molecule has 0 unspecified atom stereocenters. The van der Waals surface area contributed by atoms with Crippen molar-refractivity contribution in [3.63, 3.8) is 0 Å². The molecular formula is C10H19O3Ti-. The van der Waals surface area contributed by atoms with Crippen LogP contribution < -0.4 is 0 Å². The van der Waals surface area contributed by atoms with Crippen molar-refractivity contribution in [1.82, 2.24) is 0 Å². The zero-order chi connectivity index (χ0) is 11.1. The van der Waals surface area contributed by atoms with E-state index in [1.54, 1.807) is 0 Å². The van der Waals surface area contributed by atoms with Gasteiger partial charge in [0.25, 0.3) is 0 Å². The summed E-state index contributed by atoms with van der Waals surface area (Å²) in [5.41, 5.74) is 1.29. The van der Waals surface area contributed by atoms with E-state index in [0.717, 1.165) is 21.3 Å². The van der Waals surface area contributed by atoms with Gasteiger partial charge in [-0.2, -0.15) is 35.9 Å². The summed E-state index contributed by atoms with van der Waals surface area (Å²) in [6.45, 7) is 2.06. The van der Waals surface area contributed by atoms with Gasteiger partial charge in [-0.1, -0.05) is 6.92 Å². The second-order valence-corrected chi connectivity index (χ2v) is 1.58. The minimum Gasteiger partial charge on any atom is -0.400 e. The van der Waals surface area contributed by atoms with E-state index >= 15 is 0 Å². The predicted octanol–water partition coefficient (Wildman–Crippen LogP) is 0.618. The number of hydrogen-bond acceptors (Lipinski definition) is 3. The Balaban J connectivity index is -0.0000000625. The van der Waals surface area contributed by atoms with E-state index in [0.29, 0.717) is 0 Å². The molecule has 1 rings (SSSR count). The summed E-state index contributed by atoms with van der Waals surface area (Å²) in [5, 5.41) is 21.0. The van der Waals surface area contributed by atoms with Gasteiger partial charge in [0.1, 0.15) is 0 Å². The normalized spacial score (nSPS) is 5.64. The van der Waals surface area contributed by atoms with E-state index in [-0.39, 0.29) is 21.7 Å². The third-order valence-electron chi connectivity index (χ3n) is 0.885. The van der Waals surface area contributed by atoms with Crippen LogP contribution in [0.25, 0.3) is 0 Å². The molecule has 0 aromatic heterocycles. The van der Waals surface area contributed by atoms with Gasteiger partial charge in [0.15, 0.2) is 0 Å². The van der Waals surface area contributed by atoms with Crippen LogP contribution in [-0.4, -0.2) is 36.6 Å². The van der Waals surface area contributed by atoms with Crippen molar-refractivity contribution in [2.75, 3.05) is 21.3 Å². The molecule has 3 nitrogen and oxygen atoms in total. The Morgan fingerprint density at radius 3 is 1.29 bits per heavy atom. The largest absolute Gasteiger partial charge is 0.400 e. The number of aliphatic hydroxyl groups is 3. The van der Waals surface area contributed by atoms with Gasteiger partial charge in [-0.3, -0.25) is 0 Å². The Bertz CT molecular complexity index is 145. The van der Waals surface area contributed by atoms with Gasteiger partial charge in [-0.15, -0.1) is 0 Å². The molecule has 0 aliphatic rings. The van der Waals surface area contributed by atoms with Crippen LogP contribution in [0.4, 0.5) is 0 Å². The number of benzene rings is 1. The summed E-state index contributed by atoms with van der Waals surface area (Å²) in [7, 11) is 3.00. The quantitative estimate of drug-likeness (QED) is 0.456. The molecule has 3 N–H and O–H groups in total. The van der Waals surface area contributed by atoms with E-state index in [1.807, 2.05) is 24.3 Å². The van der Waals surface area contributed by atoms with Crippen molar-refractivity contribution in [3.8, 4) is 0 Å². The van der Waals surface area contributed by atoms with Crippen molar-refractivity contribution in [2.24, 2.45) is 0 Å². The molecule has 82 valence electrons. The van der Waals surface area contributed by atoms with Crippen LogP contribution >= 0.6 is 0 Å². The number of rotatable bonds is 0. The van der Waals surface area contributed by atoms with Crippen molar-refractivity contribution in [2.45, 2.75) is 6.92 Å². The maximum atomic E-state index is 7.00. The first-order valence-electron chi connectivity index (χ1n) is 3.66. The second-order valence-electron chi connectivity index (χ2n) is 1.58. The molecular weight excluding hydrogens is 216 g/mol. The molecule has 4 heteroatoms. The predicted molar refractivity (Wildman–Crippen MR) is 54.4 cm³/mol. The van der Waals surface area contributed by atoms with Crippen LogP contribution in [0.5, 0.6) is 0 Å². The molecule has 0 bridgehead atoms. The molecule has 0 fully saturated rings. The Labute approximate surface area is 101 Å². The maximum absolute atomic E-state index is 7.00. The molecule has 1 aromatic carbocycles. The Morgan fingerprint density at radius 2 is 1.14 bits per heavy atom. The van der Waals surface area contributed by atoms with Crippen molar-refractivity contribution in [1.29, 1.82) is 0 Å². The molecule has 0 heterocycles. The zero-order valence-electron chi connectivity index (χ0n) is 9.15. The number of aryl methyl sites for hydroxylation is 1. The van der Waals surface area contributed by atoms with Gasteiger partial charge in [0.05, 0.1) is 0 Å². The van der Waals surface area contributed by atoms with E-state index in [2.05, 4.69) is 13.0 Å². The second kappa shape index (κ2) is 29.3. The summed E-state index contributed by atoms with van der Waals surface area (Å²) in [6.07, 6.45) is 0. The van der Waals surface area contributed by atoms with Crippen molar-refractivity contribution < 1.29 is 37.0 Å². The minimum atomic E-state index is 0. The van der Waals surface area contributed by atoms with E-state index in [4.69, 9.17) is 15.3 Å². The average molecular weight is 235 g/mol. The molecule has 0 atom stereocenters. The van der Waals surface area contributed by atoms with Crippen LogP contribution in [0.3, 0.4) is 0 Å². The molecule has 0 saturated carbocycles. The third-order valence-corrected chi connectivity index (χ3v) is 0.885. The van der Waals surface area contributed by atoms with Crippen LogP contribution in [0.1, 0.15) is 5.56 Å². The first-order chi connectivity index (χ1) is 6.39. The summed E-state index contributed by atoms with van der Waals surface area (Å²) in [4.78, 5) is 0. The first-order valence-corrected chi connectivity index (χ1v) is 3.66. The summed E-state index contributed by atoms with van der Waals surface area (Å²) < 4.78 is 0. The van der Waals surface area contributed by atoms with Crippen LogP contribution in [0.2, 0.25) is 0 Å². The zero-order valence-corrected chi connectivity index (χ0v) is 10.7. The summed E-state index contributed by atoms with van der Waals surface area (Å²) in [5.74, 6) is 0. The van der Waals surface area contributed by atoms with Gasteiger partial charge in [-0.05, 0) is 0 Å². The molecule has 0 aliphatic carbocycles. The van der Waals surface area contributed by atoms with Gasteiger partial charge >= 0.3 is 0 Å². The van der Waals surface area contributed by atoms with Gasteiger partial charge in [0, 0.05) is 43.0 Å². The minimum absolute atomic E-state index is 0. The smallest absolute Gasteiger partial charge is 0.0319 e. The van der Waals surface area contributed by atoms with Crippen LogP contribution in [0.15, 0.2) is 24.3 Å². The monoisotopic (exact) mass is 235 g/mol. The fourth-order valence-corrected chi connectivity index (χ4v) is 0.470. The van der Waals surface area contributed by atoms with Gasteiger partial charge in [0.2, 0.25) is 0 Å². The van der Waals surface area contributed by atoms with Gasteiger partial charge in [-0.25, -0.2) is 0 Å². The molecule has 0 radical (unpaired) electrons. The number of hydrogen-bond donors (Lipinski definition) is 3. The van der Waals surface area contributed by atoms with Crippen LogP contribution in [0, 0.1) is 13.0 Å². The Hall–Kier alpha value is -0.186. The van der Waals surface area contributed by atoms with E-state index in [9.17, 15) is 0 Å². The molecule has 14 heavy (non-hydrogen) atoms. The van der Waals surface area contributed by atoms with Crippen molar-refractivity contribution >= 4 is 0 Å². The fraction of sp³-hybridized carbons (Fsp3) is 0.400. The topological polar surface area (TPSA) is 60.7 Å². The fourth-order valence-electron chi connectivity index (χ4n) is 0.470. The van der Waals surface area contributed by atoms with E-state index in [1.165, 1.54) is 5.56 Å². The van der Waals surface area contributed by atoms with Crippen molar-refractivity contribution in [3.05, 3.63) is 35.9 Å². The third kappa shape index (κ3) is 22.6. The molecule has 0 saturated heterocycles. The van der Waals surface area contributed by atoms with E-state index < -0.39 is 0 Å². The first kappa shape index (κ1) is 23.6. The average Bonchev–Trinajstić information content (AvgIpc) is 2.28. The molecule has 0 spiro atoms. The summed E-state index contributed by atoms with van der Waals surface area (Å²) >= 11 is 0. The Kier molecular flexibility index (Phi) is 49.3. The SMILES string of the molecule is CO.CO.CO.Cc1cc[c-]cc1.[Ti]. The maximum Gasteiger partial charge on any atom is 0.0319 e. The standard InChI is InChI=1S/C7H7.3CH4O.Ti/c1-7-5-3-2-4-6-7;3*1-2;/h3-6H,1H3;3*2H,1H3;/q-1;;;;. The summed E-state index contributed by atoms with van der Waals surface area (Å²) in [6, 6.07) is 10.8. The Morgan fingerprint density at radius 1 is 0.857 bits per heavy atom.